The lowest BCUT2D eigenvalue weighted by Gasteiger charge is -2.34. The van der Waals surface area contributed by atoms with Crippen LogP contribution in [0.25, 0.3) is 0 Å². The van der Waals surface area contributed by atoms with E-state index in [1.807, 2.05) is 13.8 Å². The van der Waals surface area contributed by atoms with Gasteiger partial charge in [0.15, 0.2) is 12.4 Å². The van der Waals surface area contributed by atoms with Crippen LogP contribution in [0.4, 0.5) is 23.1 Å². The summed E-state index contributed by atoms with van der Waals surface area (Å²) < 4.78 is 11.0. The quantitative estimate of drug-likeness (QED) is 0.328. The van der Waals surface area contributed by atoms with Gasteiger partial charge in [-0.15, -0.1) is 0 Å². The number of carbonyl (C=O) groups is 3. The van der Waals surface area contributed by atoms with Crippen LogP contribution < -0.4 is 20.1 Å². The number of allylic oxidation sites excluding steroid dienone is 1. The number of anilines is 4. The molecule has 1 fully saturated rings. The number of pyridine rings is 1. The number of amides is 2. The zero-order valence-electron chi connectivity index (χ0n) is 24.3. The number of piperazine rings is 1. The van der Waals surface area contributed by atoms with Gasteiger partial charge in [0.05, 0.1) is 12.8 Å². The summed E-state index contributed by atoms with van der Waals surface area (Å²) in [7, 11) is 1.55. The molecule has 12 nitrogen and oxygen atoms in total. The highest BCUT2D eigenvalue weighted by atomic mass is 16.5. The zero-order chi connectivity index (χ0) is 30.2. The first-order valence-electron chi connectivity index (χ1n) is 13.5. The Kier molecular flexibility index (Phi) is 9.69. The normalized spacial score (nSPS) is 12.9. The fraction of sp³-hybridized carbons (Fsp3) is 0.333. The monoisotopic (exact) mass is 573 g/mol. The second-order valence-corrected chi connectivity index (χ2v) is 9.86. The summed E-state index contributed by atoms with van der Waals surface area (Å²) in [5.41, 5.74) is 3.75. The largest absolute Gasteiger partial charge is 0.484 e. The minimum Gasteiger partial charge on any atom is -0.484 e. The Morgan fingerprint density at radius 1 is 0.976 bits per heavy atom. The SMILES string of the molecule is C=CC(=O)Cc1cc(OCC(=O)N2CCN(C(C)=O)CC2)ccc1Nc1nc(Nc2cc(OC)ncc2C)ncc1C. The predicted octanol–water partition coefficient (Wildman–Crippen LogP) is 3.35. The van der Waals surface area contributed by atoms with Gasteiger partial charge in [0.1, 0.15) is 11.6 Å². The lowest BCUT2D eigenvalue weighted by Crippen LogP contribution is -2.51. The molecule has 42 heavy (non-hydrogen) atoms. The van der Waals surface area contributed by atoms with Crippen LogP contribution in [-0.2, 0) is 20.8 Å². The molecule has 2 N–H and O–H groups in total. The molecule has 220 valence electrons. The number of methoxy groups -OCH3 is 1. The summed E-state index contributed by atoms with van der Waals surface area (Å²) in [5.74, 6) is 1.50. The average Bonchev–Trinajstić information content (AvgIpc) is 2.99. The Balaban J connectivity index is 1.49. The molecule has 0 unspecified atom stereocenters. The number of hydrogen-bond donors (Lipinski definition) is 2. The molecule has 3 aromatic rings. The van der Waals surface area contributed by atoms with E-state index >= 15 is 0 Å². The van der Waals surface area contributed by atoms with Crippen molar-refractivity contribution < 1.29 is 23.9 Å². The smallest absolute Gasteiger partial charge is 0.260 e. The Bertz CT molecular complexity index is 1480. The maximum Gasteiger partial charge on any atom is 0.260 e. The van der Waals surface area contributed by atoms with Gasteiger partial charge in [-0.3, -0.25) is 14.4 Å². The van der Waals surface area contributed by atoms with Gasteiger partial charge < -0.3 is 29.9 Å². The molecule has 0 radical (unpaired) electrons. The zero-order valence-corrected chi connectivity index (χ0v) is 24.3. The van der Waals surface area contributed by atoms with Crippen molar-refractivity contribution in [1.29, 1.82) is 0 Å². The Morgan fingerprint density at radius 2 is 1.69 bits per heavy atom. The van der Waals surface area contributed by atoms with Crippen molar-refractivity contribution in [2.75, 3.05) is 50.5 Å². The number of aryl methyl sites for hydroxylation is 2. The summed E-state index contributed by atoms with van der Waals surface area (Å²) in [4.78, 5) is 53.2. The molecular formula is C30H35N7O5. The first kappa shape index (κ1) is 30.0. The minimum atomic E-state index is -0.168. The number of ether oxygens (including phenoxy) is 2. The molecule has 0 bridgehead atoms. The van der Waals surface area contributed by atoms with E-state index in [0.717, 1.165) is 16.8 Å². The molecule has 2 amide bonds. The molecule has 0 aliphatic carbocycles. The molecular weight excluding hydrogens is 538 g/mol. The third-order valence-corrected chi connectivity index (χ3v) is 6.87. The van der Waals surface area contributed by atoms with Crippen molar-refractivity contribution in [2.24, 2.45) is 0 Å². The van der Waals surface area contributed by atoms with Gasteiger partial charge >= 0.3 is 0 Å². The van der Waals surface area contributed by atoms with Gasteiger partial charge in [0.2, 0.25) is 17.7 Å². The fourth-order valence-corrected chi connectivity index (χ4v) is 4.32. The van der Waals surface area contributed by atoms with Crippen LogP contribution in [0.5, 0.6) is 11.6 Å². The van der Waals surface area contributed by atoms with Crippen LogP contribution in [0.3, 0.4) is 0 Å². The van der Waals surface area contributed by atoms with E-state index in [1.165, 1.54) is 13.0 Å². The van der Waals surface area contributed by atoms with Crippen LogP contribution in [0, 0.1) is 13.8 Å². The number of benzene rings is 1. The number of rotatable bonds is 11. The molecule has 0 saturated carbocycles. The van der Waals surface area contributed by atoms with Crippen molar-refractivity contribution >= 4 is 40.7 Å². The first-order valence-corrected chi connectivity index (χ1v) is 13.5. The number of nitrogens with one attached hydrogen (secondary N) is 2. The number of aromatic nitrogens is 3. The lowest BCUT2D eigenvalue weighted by molar-refractivity contribution is -0.139. The van der Waals surface area contributed by atoms with E-state index < -0.39 is 0 Å². The van der Waals surface area contributed by atoms with Gasteiger partial charge in [-0.25, -0.2) is 9.97 Å². The van der Waals surface area contributed by atoms with Crippen LogP contribution in [0.1, 0.15) is 23.6 Å². The highest BCUT2D eigenvalue weighted by Gasteiger charge is 2.22. The number of carbonyl (C=O) groups excluding carboxylic acids is 3. The maximum atomic E-state index is 12.7. The summed E-state index contributed by atoms with van der Waals surface area (Å²) >= 11 is 0. The van der Waals surface area contributed by atoms with Crippen LogP contribution >= 0.6 is 0 Å². The summed E-state index contributed by atoms with van der Waals surface area (Å²) in [6.45, 7) is 10.7. The van der Waals surface area contributed by atoms with E-state index in [4.69, 9.17) is 9.47 Å². The van der Waals surface area contributed by atoms with Gasteiger partial charge in [-0.2, -0.15) is 4.98 Å². The van der Waals surface area contributed by atoms with E-state index in [-0.39, 0.29) is 30.6 Å². The van der Waals surface area contributed by atoms with Crippen molar-refractivity contribution in [3.05, 3.63) is 66.0 Å². The Morgan fingerprint density at radius 3 is 2.38 bits per heavy atom. The standard InChI is InChI=1S/C30H35N7O5/c1-6-23(39)13-22-14-24(42-18-28(40)37-11-9-36(10-12-37)21(4)38)7-8-25(22)33-29-20(3)17-32-30(35-29)34-26-15-27(41-5)31-16-19(26)2/h6-8,14-17H,1,9-13,18H2,2-5H3,(H2,31,32,33,34,35). The molecule has 1 aliphatic heterocycles. The molecule has 3 heterocycles. The van der Waals surface area contributed by atoms with Gasteiger partial charge in [0.25, 0.3) is 5.91 Å². The molecule has 4 rings (SSSR count). The average molecular weight is 574 g/mol. The van der Waals surface area contributed by atoms with E-state index in [1.54, 1.807) is 53.6 Å². The molecule has 2 aromatic heterocycles. The fourth-order valence-electron chi connectivity index (χ4n) is 4.32. The predicted molar refractivity (Wildman–Crippen MR) is 159 cm³/mol. The molecule has 1 aromatic carbocycles. The van der Waals surface area contributed by atoms with E-state index in [0.29, 0.717) is 60.8 Å². The molecule has 0 spiro atoms. The van der Waals surface area contributed by atoms with Crippen molar-refractivity contribution in [2.45, 2.75) is 27.2 Å². The lowest BCUT2D eigenvalue weighted by atomic mass is 10.1. The number of hydrogen-bond acceptors (Lipinski definition) is 10. The van der Waals surface area contributed by atoms with Crippen molar-refractivity contribution in [1.82, 2.24) is 24.8 Å². The number of ketones is 1. The van der Waals surface area contributed by atoms with E-state index in [2.05, 4.69) is 32.2 Å². The van der Waals surface area contributed by atoms with Gasteiger partial charge in [-0.1, -0.05) is 6.58 Å². The number of nitrogens with zero attached hydrogens (tertiary/aromatic N) is 5. The summed E-state index contributed by atoms with van der Waals surface area (Å²) in [6, 6.07) is 7.00. The maximum absolute atomic E-state index is 12.7. The minimum absolute atomic E-state index is 0.00260. The summed E-state index contributed by atoms with van der Waals surface area (Å²) in [5, 5.41) is 6.52. The van der Waals surface area contributed by atoms with Crippen LogP contribution in [-0.4, -0.2) is 82.2 Å². The Hall–Kier alpha value is -5.00. The first-order chi connectivity index (χ1) is 20.2. The molecule has 0 atom stereocenters. The second-order valence-electron chi connectivity index (χ2n) is 9.86. The van der Waals surface area contributed by atoms with Crippen molar-refractivity contribution in [3.8, 4) is 11.6 Å². The topological polar surface area (TPSA) is 139 Å². The van der Waals surface area contributed by atoms with Gasteiger partial charge in [0, 0.05) is 69.2 Å². The van der Waals surface area contributed by atoms with Crippen LogP contribution in [0.2, 0.25) is 0 Å². The highest BCUT2D eigenvalue weighted by Crippen LogP contribution is 2.28. The second kappa shape index (κ2) is 13.6. The third kappa shape index (κ3) is 7.59. The molecule has 1 aliphatic rings. The highest BCUT2D eigenvalue weighted by molar-refractivity contribution is 5.92. The van der Waals surface area contributed by atoms with Crippen molar-refractivity contribution in [3.63, 3.8) is 0 Å². The Labute approximate surface area is 244 Å². The molecule has 1 saturated heterocycles. The van der Waals surface area contributed by atoms with Gasteiger partial charge in [-0.05, 0) is 49.2 Å². The molecule has 12 heteroatoms. The summed E-state index contributed by atoms with van der Waals surface area (Å²) in [6.07, 6.45) is 4.74. The van der Waals surface area contributed by atoms with E-state index in [9.17, 15) is 14.4 Å². The van der Waals surface area contributed by atoms with Crippen LogP contribution in [0.15, 0.2) is 49.3 Å². The third-order valence-electron chi connectivity index (χ3n) is 6.87.